The minimum absolute atomic E-state index is 0.318. The van der Waals surface area contributed by atoms with E-state index in [1.54, 1.807) is 6.92 Å². The van der Waals surface area contributed by atoms with E-state index in [0.717, 1.165) is 5.57 Å². The molecule has 1 N–H and O–H groups in total. The highest BCUT2D eigenvalue weighted by atomic mass is 16.3. The van der Waals surface area contributed by atoms with Crippen LogP contribution in [0.15, 0.2) is 11.6 Å². The molecular formula is C15H22O4. The molecule has 1 rings (SSSR count). The van der Waals surface area contributed by atoms with Crippen molar-refractivity contribution in [2.75, 3.05) is 0 Å². The highest BCUT2D eigenvalue weighted by Crippen LogP contribution is 2.30. The Kier molecular flexibility index (Phi) is 5.18. The van der Waals surface area contributed by atoms with E-state index in [9.17, 15) is 19.5 Å². The average molecular weight is 266 g/mol. The Hall–Kier alpha value is -1.29. The Morgan fingerprint density at radius 2 is 1.89 bits per heavy atom. The Morgan fingerprint density at radius 3 is 2.37 bits per heavy atom. The topological polar surface area (TPSA) is 71.4 Å². The summed E-state index contributed by atoms with van der Waals surface area (Å²) in [5.41, 5.74) is 1.02. The smallest absolute Gasteiger partial charge is 0.179 e. The summed E-state index contributed by atoms with van der Waals surface area (Å²) in [6.45, 7) is 7.31. The Labute approximate surface area is 113 Å². The first-order valence-electron chi connectivity index (χ1n) is 6.73. The molecule has 4 unspecified atom stereocenters. The van der Waals surface area contributed by atoms with Crippen molar-refractivity contribution < 1.29 is 19.5 Å². The lowest BCUT2D eigenvalue weighted by Gasteiger charge is -2.11. The molecule has 0 heterocycles. The first-order chi connectivity index (χ1) is 8.81. The third-order valence-electron chi connectivity index (χ3n) is 3.77. The summed E-state index contributed by atoms with van der Waals surface area (Å²) >= 11 is 0. The molecule has 0 radical (unpaired) electrons. The van der Waals surface area contributed by atoms with Crippen LogP contribution in [0.1, 0.15) is 40.5 Å². The number of carbonyl (C=O) groups excluding carboxylic acids is 3. The largest absolute Gasteiger partial charge is 0.385 e. The molecule has 0 bridgehead atoms. The van der Waals surface area contributed by atoms with Gasteiger partial charge in [0.1, 0.15) is 12.0 Å². The first-order valence-corrected chi connectivity index (χ1v) is 6.73. The summed E-state index contributed by atoms with van der Waals surface area (Å²) in [7, 11) is 0. The fraction of sp³-hybridized carbons (Fsp3) is 0.667. The van der Waals surface area contributed by atoms with E-state index in [-0.39, 0.29) is 11.7 Å². The quantitative estimate of drug-likeness (QED) is 0.607. The molecule has 4 atom stereocenters. The van der Waals surface area contributed by atoms with Gasteiger partial charge in [0.2, 0.25) is 0 Å². The lowest BCUT2D eigenvalue weighted by atomic mass is 9.88. The minimum Gasteiger partial charge on any atom is -0.385 e. The van der Waals surface area contributed by atoms with E-state index < -0.39 is 29.5 Å². The maximum atomic E-state index is 12.2. The van der Waals surface area contributed by atoms with Crippen molar-refractivity contribution in [3.63, 3.8) is 0 Å². The van der Waals surface area contributed by atoms with Crippen LogP contribution < -0.4 is 0 Å². The van der Waals surface area contributed by atoms with Crippen molar-refractivity contribution in [2.45, 2.75) is 46.6 Å². The van der Waals surface area contributed by atoms with E-state index in [1.807, 2.05) is 26.8 Å². The summed E-state index contributed by atoms with van der Waals surface area (Å²) < 4.78 is 0. The predicted molar refractivity (Wildman–Crippen MR) is 71.5 cm³/mol. The Bertz CT molecular complexity index is 418. The number of hydrogen-bond donors (Lipinski definition) is 1. The normalized spacial score (nSPS) is 28.4. The molecule has 0 aliphatic heterocycles. The minimum atomic E-state index is -1.33. The molecule has 1 aliphatic rings. The van der Waals surface area contributed by atoms with E-state index >= 15 is 0 Å². The Balaban J connectivity index is 2.93. The summed E-state index contributed by atoms with van der Waals surface area (Å²) in [6, 6.07) is 0. The van der Waals surface area contributed by atoms with Crippen LogP contribution in [0.25, 0.3) is 0 Å². The zero-order valence-corrected chi connectivity index (χ0v) is 12.0. The van der Waals surface area contributed by atoms with Crippen LogP contribution in [0.5, 0.6) is 0 Å². The maximum Gasteiger partial charge on any atom is 0.179 e. The molecular weight excluding hydrogens is 244 g/mol. The van der Waals surface area contributed by atoms with Crippen LogP contribution in [0.3, 0.4) is 0 Å². The summed E-state index contributed by atoms with van der Waals surface area (Å²) in [6.07, 6.45) is 1.39. The second-order valence-electron chi connectivity index (χ2n) is 5.52. The number of allylic oxidation sites excluding steroid dienone is 2. The van der Waals surface area contributed by atoms with Gasteiger partial charge in [0.25, 0.3) is 0 Å². The van der Waals surface area contributed by atoms with E-state index in [0.29, 0.717) is 12.8 Å². The van der Waals surface area contributed by atoms with Gasteiger partial charge < -0.3 is 5.11 Å². The highest BCUT2D eigenvalue weighted by Gasteiger charge is 2.51. The maximum absolute atomic E-state index is 12.2. The molecule has 0 spiro atoms. The number of hydrogen-bond acceptors (Lipinski definition) is 4. The second kappa shape index (κ2) is 6.24. The molecule has 4 heteroatoms. The SMILES string of the molecule is CCC(C)C(=O)C1C(=O)C(O)C(CC=C(C)C)C1=O. The average Bonchev–Trinajstić information content (AvgIpc) is 2.56. The Morgan fingerprint density at radius 1 is 1.32 bits per heavy atom. The molecule has 0 saturated heterocycles. The van der Waals surface area contributed by atoms with Gasteiger partial charge in [-0.2, -0.15) is 0 Å². The molecule has 0 aromatic heterocycles. The fourth-order valence-electron chi connectivity index (χ4n) is 2.25. The number of rotatable bonds is 5. The van der Waals surface area contributed by atoms with Crippen LogP contribution in [-0.4, -0.2) is 28.6 Å². The molecule has 106 valence electrons. The van der Waals surface area contributed by atoms with Gasteiger partial charge in [0.15, 0.2) is 17.3 Å². The zero-order chi connectivity index (χ0) is 14.7. The van der Waals surface area contributed by atoms with Crippen molar-refractivity contribution in [1.82, 2.24) is 0 Å². The lowest BCUT2D eigenvalue weighted by Crippen LogP contribution is -2.31. The predicted octanol–water partition coefficient (Wildman–Crippen LogP) is 1.70. The number of Topliss-reactive ketones (excluding diaryl/α,β-unsaturated/α-hetero) is 3. The van der Waals surface area contributed by atoms with Gasteiger partial charge in [-0.1, -0.05) is 25.5 Å². The van der Waals surface area contributed by atoms with Gasteiger partial charge >= 0.3 is 0 Å². The van der Waals surface area contributed by atoms with Crippen LogP contribution in [0.2, 0.25) is 0 Å². The third kappa shape index (κ3) is 3.18. The van der Waals surface area contributed by atoms with Crippen molar-refractivity contribution in [3.8, 4) is 0 Å². The van der Waals surface area contributed by atoms with Crippen molar-refractivity contribution in [3.05, 3.63) is 11.6 Å². The highest BCUT2D eigenvalue weighted by molar-refractivity contribution is 6.26. The van der Waals surface area contributed by atoms with Gasteiger partial charge in [0.05, 0.1) is 5.92 Å². The summed E-state index contributed by atoms with van der Waals surface area (Å²) in [4.78, 5) is 36.1. The van der Waals surface area contributed by atoms with Gasteiger partial charge in [-0.3, -0.25) is 14.4 Å². The molecule has 1 fully saturated rings. The van der Waals surface area contributed by atoms with E-state index in [2.05, 4.69) is 0 Å². The van der Waals surface area contributed by atoms with E-state index in [4.69, 9.17) is 0 Å². The molecule has 0 amide bonds. The number of aliphatic hydroxyl groups excluding tert-OH is 1. The number of carbonyl (C=O) groups is 3. The van der Waals surface area contributed by atoms with Crippen LogP contribution in [-0.2, 0) is 14.4 Å². The van der Waals surface area contributed by atoms with Gasteiger partial charge in [-0.25, -0.2) is 0 Å². The summed E-state index contributed by atoms with van der Waals surface area (Å²) in [5.74, 6) is -3.73. The van der Waals surface area contributed by atoms with Gasteiger partial charge in [-0.15, -0.1) is 0 Å². The van der Waals surface area contributed by atoms with Gasteiger partial charge in [0, 0.05) is 5.92 Å². The summed E-state index contributed by atoms with van der Waals surface area (Å²) in [5, 5.41) is 9.86. The second-order valence-corrected chi connectivity index (χ2v) is 5.52. The van der Waals surface area contributed by atoms with E-state index in [1.165, 1.54) is 0 Å². The van der Waals surface area contributed by atoms with Crippen molar-refractivity contribution in [1.29, 1.82) is 0 Å². The first kappa shape index (κ1) is 15.8. The monoisotopic (exact) mass is 266 g/mol. The fourth-order valence-corrected chi connectivity index (χ4v) is 2.25. The molecule has 0 aromatic rings. The van der Waals surface area contributed by atoms with Crippen molar-refractivity contribution in [2.24, 2.45) is 17.8 Å². The standard InChI is InChI=1S/C15H22O4/c1-5-9(4)12(16)11-13(17)10(7-6-8(2)3)14(18)15(11)19/h6,9-11,14,18H,5,7H2,1-4H3. The van der Waals surface area contributed by atoms with Crippen LogP contribution in [0.4, 0.5) is 0 Å². The van der Waals surface area contributed by atoms with Gasteiger partial charge in [-0.05, 0) is 26.7 Å². The zero-order valence-electron chi connectivity index (χ0n) is 12.0. The molecule has 1 aliphatic carbocycles. The molecule has 19 heavy (non-hydrogen) atoms. The van der Waals surface area contributed by atoms with Crippen molar-refractivity contribution >= 4 is 17.3 Å². The number of ketones is 3. The van der Waals surface area contributed by atoms with Crippen LogP contribution in [0, 0.1) is 17.8 Å². The molecule has 0 aromatic carbocycles. The third-order valence-corrected chi connectivity index (χ3v) is 3.77. The number of aliphatic hydroxyl groups is 1. The lowest BCUT2D eigenvalue weighted by molar-refractivity contribution is -0.139. The van der Waals surface area contributed by atoms with Crippen LogP contribution >= 0.6 is 0 Å². The molecule has 1 saturated carbocycles. The molecule has 4 nitrogen and oxygen atoms in total.